The van der Waals surface area contributed by atoms with E-state index >= 15 is 0 Å². The number of unbranched alkanes of at least 4 members (excludes halogenated alkanes) is 15. The minimum Gasteiger partial charge on any atom is -0.494 e. The first-order valence-electron chi connectivity index (χ1n) is 15.9. The van der Waals surface area contributed by atoms with Crippen molar-refractivity contribution in [2.24, 2.45) is 0 Å². The van der Waals surface area contributed by atoms with Gasteiger partial charge in [-0.05, 0) is 48.2 Å². The van der Waals surface area contributed by atoms with Crippen molar-refractivity contribution in [3.8, 4) is 5.75 Å². The van der Waals surface area contributed by atoms with E-state index in [-0.39, 0.29) is 12.3 Å². The van der Waals surface area contributed by atoms with Crippen molar-refractivity contribution >= 4 is 17.6 Å². The van der Waals surface area contributed by atoms with E-state index in [1.807, 2.05) is 24.3 Å². The molecule has 0 saturated carbocycles. The van der Waals surface area contributed by atoms with Crippen molar-refractivity contribution in [2.45, 2.75) is 129 Å². The number of nitrogens with one attached hydrogen (secondary N) is 1. The summed E-state index contributed by atoms with van der Waals surface area (Å²) < 4.78 is 5.90. The van der Waals surface area contributed by atoms with Gasteiger partial charge in [-0.25, -0.2) is 0 Å². The highest BCUT2D eigenvalue weighted by atomic mass is 16.5. The molecule has 2 aromatic carbocycles. The number of hydrogen-bond donors (Lipinski definition) is 2. The van der Waals surface area contributed by atoms with Crippen molar-refractivity contribution in [3.63, 3.8) is 0 Å². The summed E-state index contributed by atoms with van der Waals surface area (Å²) in [6.07, 6.45) is 22.8. The Labute approximate surface area is 243 Å². The zero-order chi connectivity index (χ0) is 28.7. The Morgan fingerprint density at radius 3 is 1.80 bits per heavy atom. The number of aliphatic carboxylic acids is 1. The average Bonchev–Trinajstić information content (AvgIpc) is 2.94. The summed E-state index contributed by atoms with van der Waals surface area (Å²) >= 11 is 0. The van der Waals surface area contributed by atoms with Crippen molar-refractivity contribution in [2.75, 3.05) is 11.9 Å². The molecule has 0 heterocycles. The Bertz CT molecular complexity index is 941. The number of carboxylic acid groups (broad SMARTS) is 1. The van der Waals surface area contributed by atoms with E-state index in [9.17, 15) is 9.59 Å². The van der Waals surface area contributed by atoms with Gasteiger partial charge in [-0.3, -0.25) is 9.59 Å². The minimum atomic E-state index is -0.888. The van der Waals surface area contributed by atoms with E-state index < -0.39 is 5.97 Å². The molecule has 2 aromatic rings. The predicted molar refractivity (Wildman–Crippen MR) is 166 cm³/mol. The molecule has 2 rings (SSSR count). The first-order valence-corrected chi connectivity index (χ1v) is 15.9. The van der Waals surface area contributed by atoms with Crippen molar-refractivity contribution in [1.29, 1.82) is 0 Å². The van der Waals surface area contributed by atoms with Gasteiger partial charge in [0.1, 0.15) is 5.75 Å². The molecule has 40 heavy (non-hydrogen) atoms. The van der Waals surface area contributed by atoms with Crippen LogP contribution < -0.4 is 10.1 Å². The van der Waals surface area contributed by atoms with Gasteiger partial charge in [0, 0.05) is 12.1 Å². The van der Waals surface area contributed by atoms with Crippen LogP contribution in [0, 0.1) is 0 Å². The van der Waals surface area contributed by atoms with Gasteiger partial charge in [0.25, 0.3) is 0 Å². The molecule has 0 aliphatic heterocycles. The molecule has 0 aromatic heterocycles. The Hall–Kier alpha value is -2.82. The largest absolute Gasteiger partial charge is 0.494 e. The average molecular weight is 552 g/mol. The molecule has 5 heteroatoms. The van der Waals surface area contributed by atoms with Gasteiger partial charge in [-0.15, -0.1) is 0 Å². The van der Waals surface area contributed by atoms with Crippen LogP contribution in [0.25, 0.3) is 0 Å². The van der Waals surface area contributed by atoms with Crippen LogP contribution >= 0.6 is 0 Å². The summed E-state index contributed by atoms with van der Waals surface area (Å²) in [6, 6.07) is 15.0. The molecule has 0 bridgehead atoms. The number of aryl methyl sites for hydroxylation is 1. The molecule has 0 fully saturated rings. The molecule has 2 N–H and O–H groups in total. The second-order valence-corrected chi connectivity index (χ2v) is 11.1. The van der Waals surface area contributed by atoms with Gasteiger partial charge in [0.15, 0.2) is 0 Å². The van der Waals surface area contributed by atoms with Gasteiger partial charge in [-0.2, -0.15) is 0 Å². The first kappa shape index (κ1) is 33.4. The van der Waals surface area contributed by atoms with E-state index in [0.29, 0.717) is 24.1 Å². The number of benzene rings is 2. The lowest BCUT2D eigenvalue weighted by Gasteiger charge is -2.09. The molecular weight excluding hydrogens is 498 g/mol. The van der Waals surface area contributed by atoms with E-state index in [4.69, 9.17) is 9.84 Å². The third-order valence-corrected chi connectivity index (χ3v) is 7.40. The fourth-order valence-electron chi connectivity index (χ4n) is 5.01. The molecule has 5 nitrogen and oxygen atoms in total. The third-order valence-electron chi connectivity index (χ3n) is 7.40. The smallest absolute Gasteiger partial charge is 0.307 e. The van der Waals surface area contributed by atoms with Crippen LogP contribution in [-0.2, 0) is 22.4 Å². The van der Waals surface area contributed by atoms with E-state index in [0.717, 1.165) is 24.3 Å². The predicted octanol–water partition coefficient (Wildman–Crippen LogP) is 9.53. The minimum absolute atomic E-state index is 0.0579. The summed E-state index contributed by atoms with van der Waals surface area (Å²) in [5.41, 5.74) is 2.38. The molecular formula is C35H53NO4. The number of rotatable bonds is 24. The monoisotopic (exact) mass is 551 g/mol. The van der Waals surface area contributed by atoms with Crippen molar-refractivity contribution < 1.29 is 19.4 Å². The highest BCUT2D eigenvalue weighted by molar-refractivity contribution is 5.91. The fourth-order valence-corrected chi connectivity index (χ4v) is 5.01. The van der Waals surface area contributed by atoms with E-state index in [1.54, 1.807) is 24.3 Å². The van der Waals surface area contributed by atoms with Gasteiger partial charge < -0.3 is 15.2 Å². The number of carbonyl (C=O) groups excluding carboxylic acids is 1. The standard InChI is InChI=1S/C35H53NO4/c1-2-3-4-5-6-7-8-9-10-11-12-13-14-15-16-17-27-40-33-24-21-30(22-25-33)23-26-34(37)36-32-20-18-19-31(28-32)29-35(38)39/h18-22,24-25,28H,2-17,23,26-27,29H2,1H3,(H,36,37)(H,38,39). The second kappa shape index (κ2) is 21.9. The quantitative estimate of drug-likeness (QED) is 0.127. The summed E-state index contributed by atoms with van der Waals surface area (Å²) in [4.78, 5) is 23.2. The lowest BCUT2D eigenvalue weighted by atomic mass is 10.0. The zero-order valence-corrected chi connectivity index (χ0v) is 24.9. The first-order chi connectivity index (χ1) is 19.6. The molecule has 0 spiro atoms. The van der Waals surface area contributed by atoms with Crippen LogP contribution in [0.1, 0.15) is 127 Å². The summed E-state index contributed by atoms with van der Waals surface area (Å²) in [5, 5.41) is 11.8. The van der Waals surface area contributed by atoms with Crippen LogP contribution in [0.4, 0.5) is 5.69 Å². The molecule has 0 unspecified atom stereocenters. The van der Waals surface area contributed by atoms with E-state index in [2.05, 4.69) is 12.2 Å². The third kappa shape index (κ3) is 17.0. The van der Waals surface area contributed by atoms with Crippen molar-refractivity contribution in [3.05, 3.63) is 59.7 Å². The number of anilines is 1. The number of amides is 1. The Morgan fingerprint density at radius 2 is 1.25 bits per heavy atom. The fraction of sp³-hybridized carbons (Fsp3) is 0.600. The Kier molecular flexibility index (Phi) is 18.3. The lowest BCUT2D eigenvalue weighted by Crippen LogP contribution is -2.12. The van der Waals surface area contributed by atoms with Crippen LogP contribution in [0.2, 0.25) is 0 Å². The number of hydrogen-bond acceptors (Lipinski definition) is 3. The molecule has 0 aliphatic carbocycles. The second-order valence-electron chi connectivity index (χ2n) is 11.1. The highest BCUT2D eigenvalue weighted by Crippen LogP contribution is 2.17. The summed E-state index contributed by atoms with van der Waals surface area (Å²) in [5.74, 6) is -0.0957. The maximum Gasteiger partial charge on any atom is 0.307 e. The number of carboxylic acids is 1. The highest BCUT2D eigenvalue weighted by Gasteiger charge is 2.06. The molecule has 0 radical (unpaired) electrons. The van der Waals surface area contributed by atoms with Crippen LogP contribution in [0.15, 0.2) is 48.5 Å². The Balaban J connectivity index is 1.43. The van der Waals surface area contributed by atoms with Crippen LogP contribution in [-0.4, -0.2) is 23.6 Å². The van der Waals surface area contributed by atoms with Gasteiger partial charge in [-0.1, -0.05) is 128 Å². The van der Waals surface area contributed by atoms with Gasteiger partial charge in [0.05, 0.1) is 13.0 Å². The molecule has 1 amide bonds. The zero-order valence-electron chi connectivity index (χ0n) is 24.9. The van der Waals surface area contributed by atoms with Gasteiger partial charge in [0.2, 0.25) is 5.91 Å². The maximum atomic E-state index is 12.3. The Morgan fingerprint density at radius 1 is 0.700 bits per heavy atom. The maximum absolute atomic E-state index is 12.3. The molecule has 0 atom stereocenters. The van der Waals surface area contributed by atoms with Gasteiger partial charge >= 0.3 is 5.97 Å². The topological polar surface area (TPSA) is 75.6 Å². The normalized spacial score (nSPS) is 10.9. The SMILES string of the molecule is CCCCCCCCCCCCCCCCCCOc1ccc(CCC(=O)Nc2cccc(CC(=O)O)c2)cc1. The lowest BCUT2D eigenvalue weighted by molar-refractivity contribution is -0.136. The molecule has 0 saturated heterocycles. The van der Waals surface area contributed by atoms with Crippen LogP contribution in [0.5, 0.6) is 5.75 Å². The summed E-state index contributed by atoms with van der Waals surface area (Å²) in [6.45, 7) is 3.03. The van der Waals surface area contributed by atoms with E-state index in [1.165, 1.54) is 96.3 Å². The molecule has 0 aliphatic rings. The number of ether oxygens (including phenoxy) is 1. The van der Waals surface area contributed by atoms with Crippen molar-refractivity contribution in [1.82, 2.24) is 0 Å². The number of carbonyl (C=O) groups is 2. The van der Waals surface area contributed by atoms with Crippen LogP contribution in [0.3, 0.4) is 0 Å². The summed E-state index contributed by atoms with van der Waals surface area (Å²) in [7, 11) is 0. The molecule has 222 valence electrons.